The summed E-state index contributed by atoms with van der Waals surface area (Å²) in [4.78, 5) is 25.9. The molecule has 5 heteroatoms. The van der Waals surface area contributed by atoms with Gasteiger partial charge in [0.05, 0.1) is 13.7 Å². The van der Waals surface area contributed by atoms with Gasteiger partial charge in [0, 0.05) is 19.2 Å². The molecule has 0 spiro atoms. The number of methoxy groups -OCH3 is 1. The van der Waals surface area contributed by atoms with E-state index in [-0.39, 0.29) is 18.4 Å². The monoisotopic (exact) mass is 354 g/mol. The topological polar surface area (TPSA) is 58.6 Å². The van der Waals surface area contributed by atoms with E-state index in [2.05, 4.69) is 5.32 Å². The lowest BCUT2D eigenvalue weighted by molar-refractivity contribution is -0.132. The number of aryl methyl sites for hydroxylation is 2. The van der Waals surface area contributed by atoms with E-state index < -0.39 is 0 Å². The van der Waals surface area contributed by atoms with E-state index in [1.54, 1.807) is 12.0 Å². The van der Waals surface area contributed by atoms with Gasteiger partial charge in [-0.3, -0.25) is 9.59 Å². The minimum Gasteiger partial charge on any atom is -0.497 e. The predicted molar refractivity (Wildman–Crippen MR) is 103 cm³/mol. The molecule has 0 aliphatic rings. The van der Waals surface area contributed by atoms with Crippen molar-refractivity contribution in [3.05, 3.63) is 59.2 Å². The molecular formula is C21H26N2O3. The standard InChI is InChI=1S/C21H26N2O3/c1-15-6-5-7-16(2)21(15)22-20(25)14-23(17(3)24)13-12-18-8-10-19(26-4)11-9-18/h5-11H,12-14H2,1-4H3,(H,22,25). The van der Waals surface area contributed by atoms with Crippen molar-refractivity contribution in [1.29, 1.82) is 0 Å². The van der Waals surface area contributed by atoms with Gasteiger partial charge in [-0.05, 0) is 49.1 Å². The summed E-state index contributed by atoms with van der Waals surface area (Å²) in [6.45, 7) is 5.92. The number of hydrogen-bond donors (Lipinski definition) is 1. The van der Waals surface area contributed by atoms with Crippen molar-refractivity contribution in [3.8, 4) is 5.75 Å². The summed E-state index contributed by atoms with van der Waals surface area (Å²) in [5, 5.41) is 2.93. The van der Waals surface area contributed by atoms with Crippen molar-refractivity contribution in [1.82, 2.24) is 4.90 Å². The second kappa shape index (κ2) is 9.04. The molecule has 0 fully saturated rings. The van der Waals surface area contributed by atoms with Crippen LogP contribution in [0.5, 0.6) is 5.75 Å². The molecule has 0 saturated carbocycles. The summed E-state index contributed by atoms with van der Waals surface area (Å²) in [5.41, 5.74) is 3.92. The highest BCUT2D eigenvalue weighted by molar-refractivity contribution is 5.95. The van der Waals surface area contributed by atoms with Crippen LogP contribution in [0.15, 0.2) is 42.5 Å². The summed E-state index contributed by atoms with van der Waals surface area (Å²) in [7, 11) is 1.63. The molecule has 0 aliphatic carbocycles. The number of carbonyl (C=O) groups excluding carboxylic acids is 2. The molecule has 0 radical (unpaired) electrons. The number of carbonyl (C=O) groups is 2. The minimum absolute atomic E-state index is 0.0409. The summed E-state index contributed by atoms with van der Waals surface area (Å²) in [5.74, 6) is 0.493. The van der Waals surface area contributed by atoms with Crippen molar-refractivity contribution in [2.45, 2.75) is 27.2 Å². The van der Waals surface area contributed by atoms with Crippen molar-refractivity contribution < 1.29 is 14.3 Å². The van der Waals surface area contributed by atoms with Crippen LogP contribution in [0.25, 0.3) is 0 Å². The zero-order valence-electron chi connectivity index (χ0n) is 15.8. The van der Waals surface area contributed by atoms with Gasteiger partial charge in [-0.25, -0.2) is 0 Å². The van der Waals surface area contributed by atoms with Crippen LogP contribution >= 0.6 is 0 Å². The van der Waals surface area contributed by atoms with Crippen molar-refractivity contribution in [2.24, 2.45) is 0 Å². The summed E-state index contributed by atoms with van der Waals surface area (Å²) in [6.07, 6.45) is 0.681. The maximum Gasteiger partial charge on any atom is 0.244 e. The van der Waals surface area contributed by atoms with E-state index in [0.717, 1.165) is 28.1 Å². The van der Waals surface area contributed by atoms with E-state index in [1.165, 1.54) is 6.92 Å². The maximum atomic E-state index is 12.4. The van der Waals surface area contributed by atoms with Gasteiger partial charge in [0.25, 0.3) is 0 Å². The molecule has 0 bridgehead atoms. The second-order valence-electron chi connectivity index (χ2n) is 6.35. The third-order valence-electron chi connectivity index (χ3n) is 4.35. The molecule has 2 rings (SSSR count). The zero-order valence-corrected chi connectivity index (χ0v) is 15.8. The van der Waals surface area contributed by atoms with Gasteiger partial charge >= 0.3 is 0 Å². The molecule has 0 aromatic heterocycles. The molecule has 5 nitrogen and oxygen atoms in total. The Morgan fingerprint density at radius 3 is 2.19 bits per heavy atom. The van der Waals surface area contributed by atoms with Crippen molar-refractivity contribution >= 4 is 17.5 Å². The highest BCUT2D eigenvalue weighted by Gasteiger charge is 2.15. The van der Waals surface area contributed by atoms with Crippen LogP contribution in [-0.4, -0.2) is 36.9 Å². The van der Waals surface area contributed by atoms with Crippen molar-refractivity contribution in [2.75, 3.05) is 25.5 Å². The normalized spacial score (nSPS) is 10.3. The Hall–Kier alpha value is -2.82. The van der Waals surface area contributed by atoms with Crippen LogP contribution in [-0.2, 0) is 16.0 Å². The quantitative estimate of drug-likeness (QED) is 0.830. The Balaban J connectivity index is 1.96. The van der Waals surface area contributed by atoms with Crippen molar-refractivity contribution in [3.63, 3.8) is 0 Å². The molecule has 0 unspecified atom stereocenters. The van der Waals surface area contributed by atoms with Crippen LogP contribution in [0, 0.1) is 13.8 Å². The Morgan fingerprint density at radius 1 is 1.04 bits per heavy atom. The molecule has 0 aliphatic heterocycles. The van der Waals surface area contributed by atoms with Gasteiger partial charge in [-0.1, -0.05) is 30.3 Å². The summed E-state index contributed by atoms with van der Waals surface area (Å²) < 4.78 is 5.14. The molecular weight excluding hydrogens is 328 g/mol. The number of nitrogens with zero attached hydrogens (tertiary/aromatic N) is 1. The second-order valence-corrected chi connectivity index (χ2v) is 6.35. The van der Waals surface area contributed by atoms with E-state index in [0.29, 0.717) is 13.0 Å². The first-order valence-electron chi connectivity index (χ1n) is 8.65. The number of benzene rings is 2. The number of rotatable bonds is 7. The van der Waals surface area contributed by atoms with Crippen LogP contribution in [0.3, 0.4) is 0 Å². The fourth-order valence-corrected chi connectivity index (χ4v) is 2.77. The number of hydrogen-bond acceptors (Lipinski definition) is 3. The molecule has 0 saturated heterocycles. The SMILES string of the molecule is COc1ccc(CCN(CC(=O)Nc2c(C)cccc2C)C(C)=O)cc1. The number of nitrogens with one attached hydrogen (secondary N) is 1. The highest BCUT2D eigenvalue weighted by Crippen LogP contribution is 2.19. The number of amides is 2. The lowest BCUT2D eigenvalue weighted by Crippen LogP contribution is -2.38. The first-order chi connectivity index (χ1) is 12.4. The smallest absolute Gasteiger partial charge is 0.244 e. The van der Waals surface area contributed by atoms with E-state index >= 15 is 0 Å². The van der Waals surface area contributed by atoms with Gasteiger partial charge < -0.3 is 15.0 Å². The summed E-state index contributed by atoms with van der Waals surface area (Å²) in [6, 6.07) is 13.6. The number of anilines is 1. The summed E-state index contributed by atoms with van der Waals surface area (Å²) >= 11 is 0. The van der Waals surface area contributed by atoms with Gasteiger partial charge in [-0.2, -0.15) is 0 Å². The van der Waals surface area contributed by atoms with Crippen LogP contribution in [0.1, 0.15) is 23.6 Å². The van der Waals surface area contributed by atoms with Crippen LogP contribution in [0.2, 0.25) is 0 Å². The molecule has 26 heavy (non-hydrogen) atoms. The minimum atomic E-state index is -0.188. The van der Waals surface area contributed by atoms with Gasteiger partial charge in [0.1, 0.15) is 5.75 Å². The van der Waals surface area contributed by atoms with E-state index in [9.17, 15) is 9.59 Å². The average molecular weight is 354 g/mol. The van der Waals surface area contributed by atoms with Gasteiger partial charge in [0.2, 0.25) is 11.8 Å². The first kappa shape index (κ1) is 19.5. The highest BCUT2D eigenvalue weighted by atomic mass is 16.5. The number of ether oxygens (including phenoxy) is 1. The molecule has 0 atom stereocenters. The molecule has 1 N–H and O–H groups in total. The van der Waals surface area contributed by atoms with Gasteiger partial charge in [-0.15, -0.1) is 0 Å². The Bertz CT molecular complexity index is 749. The average Bonchev–Trinajstić information content (AvgIpc) is 2.62. The maximum absolute atomic E-state index is 12.4. The third-order valence-corrected chi connectivity index (χ3v) is 4.35. The largest absolute Gasteiger partial charge is 0.497 e. The molecule has 2 aromatic rings. The van der Waals surface area contributed by atoms with Crippen LogP contribution < -0.4 is 10.1 Å². The first-order valence-corrected chi connectivity index (χ1v) is 8.65. The molecule has 0 heterocycles. The molecule has 2 amide bonds. The predicted octanol–water partition coefficient (Wildman–Crippen LogP) is 3.34. The third kappa shape index (κ3) is 5.34. The number of para-hydroxylation sites is 1. The fourth-order valence-electron chi connectivity index (χ4n) is 2.77. The zero-order chi connectivity index (χ0) is 19.1. The van der Waals surface area contributed by atoms with Gasteiger partial charge in [0.15, 0.2) is 0 Å². The molecule has 138 valence electrons. The Labute approximate surface area is 155 Å². The fraction of sp³-hybridized carbons (Fsp3) is 0.333. The Kier molecular flexibility index (Phi) is 6.78. The van der Waals surface area contributed by atoms with E-state index in [4.69, 9.17) is 4.74 Å². The Morgan fingerprint density at radius 2 is 1.65 bits per heavy atom. The molecule has 2 aromatic carbocycles. The van der Waals surface area contributed by atoms with Crippen LogP contribution in [0.4, 0.5) is 5.69 Å². The lowest BCUT2D eigenvalue weighted by Gasteiger charge is -2.21. The lowest BCUT2D eigenvalue weighted by atomic mass is 10.1. The van der Waals surface area contributed by atoms with E-state index in [1.807, 2.05) is 56.3 Å².